The molecule has 10 heteroatoms. The summed E-state index contributed by atoms with van der Waals surface area (Å²) < 4.78 is 17.8. The van der Waals surface area contributed by atoms with Gasteiger partial charge in [0.25, 0.3) is 0 Å². The minimum atomic E-state index is -4.64. The molecule has 0 bridgehead atoms. The van der Waals surface area contributed by atoms with Crippen LogP contribution < -0.4 is 0 Å². The number of phosphoric acid groups is 2. The summed E-state index contributed by atoms with van der Waals surface area (Å²) in [6.07, 6.45) is 4.31. The second kappa shape index (κ2) is 10.5. The van der Waals surface area contributed by atoms with E-state index < -0.39 is 15.6 Å². The first-order valence-corrected chi connectivity index (χ1v) is 6.72. The highest BCUT2D eigenvalue weighted by Crippen LogP contribution is 2.26. The van der Waals surface area contributed by atoms with E-state index in [-0.39, 0.29) is 0 Å². The number of unbranched alkanes of at least 4 members (excludes halogenated alkanes) is 1. The second-order valence-corrected chi connectivity index (χ2v) is 4.16. The molecular weight excluding hydrogens is 250 g/mol. The Labute approximate surface area is 87.4 Å². The predicted octanol–water partition coefficient (Wildman–Crippen LogP) is 0.115. The number of hydrogen-bond acceptors (Lipinski definition) is 2. The van der Waals surface area contributed by atoms with Gasteiger partial charge in [-0.25, -0.2) is 9.13 Å². The zero-order valence-electron chi connectivity index (χ0n) is 8.09. The summed E-state index contributed by atoms with van der Waals surface area (Å²) in [5.41, 5.74) is 0. The number of hydrogen-bond donors (Lipinski definition) is 6. The molecule has 15 heavy (non-hydrogen) atoms. The Morgan fingerprint density at radius 3 is 1.20 bits per heavy atom. The minimum Gasteiger partial charge on any atom is -0.303 e. The molecule has 0 amide bonds. The van der Waals surface area contributed by atoms with E-state index in [9.17, 15) is 0 Å². The summed E-state index contributed by atoms with van der Waals surface area (Å²) in [6.45, 7) is 5.69. The highest BCUT2D eigenvalue weighted by Gasteiger charge is 2.00. The van der Waals surface area contributed by atoms with Crippen molar-refractivity contribution in [2.75, 3.05) is 0 Å². The fourth-order valence-corrected chi connectivity index (χ4v) is 0.204. The van der Waals surface area contributed by atoms with Crippen LogP contribution >= 0.6 is 15.6 Å². The lowest BCUT2D eigenvalue weighted by Gasteiger charge is -1.82. The van der Waals surface area contributed by atoms with E-state index in [2.05, 4.69) is 13.5 Å². The first kappa shape index (κ1) is 20.4. The van der Waals surface area contributed by atoms with Crippen molar-refractivity contribution in [3.63, 3.8) is 0 Å². The van der Waals surface area contributed by atoms with Crippen LogP contribution in [0.15, 0.2) is 12.7 Å². The summed E-state index contributed by atoms with van der Waals surface area (Å²) >= 11 is 0. The van der Waals surface area contributed by atoms with Crippen molar-refractivity contribution in [3.05, 3.63) is 12.7 Å². The van der Waals surface area contributed by atoms with E-state index >= 15 is 0 Å². The molecule has 0 rings (SSSR count). The lowest BCUT2D eigenvalue weighted by Crippen LogP contribution is -1.66. The summed E-state index contributed by atoms with van der Waals surface area (Å²) in [7, 11) is -9.28. The monoisotopic (exact) mass is 266 g/mol. The van der Waals surface area contributed by atoms with Gasteiger partial charge in [-0.15, -0.1) is 6.58 Å². The van der Waals surface area contributed by atoms with Crippen LogP contribution in [-0.4, -0.2) is 29.4 Å². The third-order valence-electron chi connectivity index (χ3n) is 0.493. The molecule has 0 aliphatic carbocycles. The molecule has 0 aliphatic heterocycles. The van der Waals surface area contributed by atoms with Crippen molar-refractivity contribution in [1.29, 1.82) is 0 Å². The Balaban J connectivity index is -0.000000144. The Hall–Kier alpha value is -0.0400. The molecular formula is C5H16O8P2. The van der Waals surface area contributed by atoms with E-state index in [4.69, 9.17) is 38.5 Å². The molecule has 0 spiro atoms. The van der Waals surface area contributed by atoms with Gasteiger partial charge in [0.2, 0.25) is 0 Å². The zero-order valence-corrected chi connectivity index (χ0v) is 9.88. The van der Waals surface area contributed by atoms with Gasteiger partial charge in [0.1, 0.15) is 0 Å². The van der Waals surface area contributed by atoms with Crippen LogP contribution in [0.5, 0.6) is 0 Å². The Morgan fingerprint density at radius 1 is 1.00 bits per heavy atom. The molecule has 0 unspecified atom stereocenters. The van der Waals surface area contributed by atoms with Gasteiger partial charge in [-0.05, 0) is 6.42 Å². The van der Waals surface area contributed by atoms with Crippen molar-refractivity contribution in [3.8, 4) is 0 Å². The van der Waals surface area contributed by atoms with Crippen LogP contribution in [0.3, 0.4) is 0 Å². The largest absolute Gasteiger partial charge is 0.466 e. The van der Waals surface area contributed by atoms with Crippen LogP contribution in [0.1, 0.15) is 19.8 Å². The summed E-state index contributed by atoms with van der Waals surface area (Å²) in [5, 5.41) is 0. The van der Waals surface area contributed by atoms with Crippen molar-refractivity contribution < 1.29 is 38.5 Å². The quantitative estimate of drug-likeness (QED) is 0.304. The Kier molecular flexibility index (Phi) is 14.2. The molecule has 0 aliphatic rings. The summed E-state index contributed by atoms with van der Waals surface area (Å²) in [5.74, 6) is 0. The Morgan fingerprint density at radius 2 is 1.20 bits per heavy atom. The maximum Gasteiger partial charge on any atom is 0.466 e. The SMILES string of the molecule is C=CCCC.O=P(O)(O)O.O=P(O)(O)O. The molecule has 0 heterocycles. The van der Waals surface area contributed by atoms with Gasteiger partial charge >= 0.3 is 15.6 Å². The smallest absolute Gasteiger partial charge is 0.303 e. The molecule has 0 fully saturated rings. The highest BCUT2D eigenvalue weighted by atomic mass is 31.2. The van der Waals surface area contributed by atoms with Gasteiger partial charge in [0.05, 0.1) is 0 Å². The third-order valence-corrected chi connectivity index (χ3v) is 0.493. The Bertz CT molecular complexity index is 191. The van der Waals surface area contributed by atoms with E-state index in [1.165, 1.54) is 6.42 Å². The molecule has 0 radical (unpaired) electrons. The van der Waals surface area contributed by atoms with Crippen molar-refractivity contribution in [2.45, 2.75) is 19.8 Å². The molecule has 0 atom stereocenters. The molecule has 0 aromatic heterocycles. The molecule has 6 N–H and O–H groups in total. The third kappa shape index (κ3) is 520. The normalized spacial score (nSPS) is 10.3. The van der Waals surface area contributed by atoms with E-state index in [1.54, 1.807) is 0 Å². The highest BCUT2D eigenvalue weighted by molar-refractivity contribution is 7.45. The van der Waals surface area contributed by atoms with E-state index in [0.717, 1.165) is 6.42 Å². The first-order valence-electron chi connectivity index (χ1n) is 3.59. The maximum atomic E-state index is 8.88. The van der Waals surface area contributed by atoms with Crippen LogP contribution in [0.4, 0.5) is 0 Å². The van der Waals surface area contributed by atoms with Gasteiger partial charge in [-0.3, -0.25) is 0 Å². The average Bonchev–Trinajstić information content (AvgIpc) is 1.80. The molecule has 8 nitrogen and oxygen atoms in total. The van der Waals surface area contributed by atoms with Crippen molar-refractivity contribution >= 4 is 15.6 Å². The van der Waals surface area contributed by atoms with Gasteiger partial charge in [-0.1, -0.05) is 19.4 Å². The van der Waals surface area contributed by atoms with Crippen molar-refractivity contribution in [2.24, 2.45) is 0 Å². The lowest BCUT2D eigenvalue weighted by molar-refractivity contribution is 0.272. The second-order valence-electron chi connectivity index (χ2n) is 2.10. The first-order chi connectivity index (χ1) is 6.41. The number of rotatable bonds is 2. The van der Waals surface area contributed by atoms with Crippen LogP contribution in [0, 0.1) is 0 Å². The summed E-state index contributed by atoms with van der Waals surface area (Å²) in [6, 6.07) is 0. The standard InChI is InChI=1S/C5H10.2H3O4P/c1-3-5-4-2;2*1-5(2,3)4/h3H,1,4-5H2,2H3;2*(H3,1,2,3,4). The molecule has 94 valence electrons. The molecule has 0 aromatic carbocycles. The average molecular weight is 266 g/mol. The van der Waals surface area contributed by atoms with Crippen LogP contribution in [-0.2, 0) is 9.13 Å². The van der Waals surface area contributed by atoms with Crippen molar-refractivity contribution in [1.82, 2.24) is 0 Å². The van der Waals surface area contributed by atoms with Gasteiger partial charge < -0.3 is 29.4 Å². The van der Waals surface area contributed by atoms with Gasteiger partial charge in [0.15, 0.2) is 0 Å². The number of allylic oxidation sites excluding steroid dienone is 1. The van der Waals surface area contributed by atoms with Gasteiger partial charge in [-0.2, -0.15) is 0 Å². The maximum absolute atomic E-state index is 8.88. The molecule has 0 saturated heterocycles. The molecule has 0 aromatic rings. The zero-order chi connectivity index (χ0) is 13.1. The fourth-order valence-electron chi connectivity index (χ4n) is 0.204. The summed E-state index contributed by atoms with van der Waals surface area (Å²) in [4.78, 5) is 43.1. The topological polar surface area (TPSA) is 156 Å². The van der Waals surface area contributed by atoms with Gasteiger partial charge in [0, 0.05) is 0 Å². The minimum absolute atomic E-state index is 1.15. The van der Waals surface area contributed by atoms with E-state index in [0.29, 0.717) is 0 Å². The predicted molar refractivity (Wildman–Crippen MR) is 53.6 cm³/mol. The fraction of sp³-hybridized carbons (Fsp3) is 0.600. The van der Waals surface area contributed by atoms with Crippen LogP contribution in [0.25, 0.3) is 0 Å². The van der Waals surface area contributed by atoms with E-state index in [1.807, 2.05) is 6.08 Å². The van der Waals surface area contributed by atoms with Crippen LogP contribution in [0.2, 0.25) is 0 Å². The molecule has 0 saturated carbocycles. The lowest BCUT2D eigenvalue weighted by atomic mass is 10.3.